The molecule has 2 heterocycles. The molecule has 7 nitrogen and oxygen atoms in total. The number of fused-ring (bicyclic) bond motifs is 1. The lowest BCUT2D eigenvalue weighted by Gasteiger charge is -2.24. The normalized spacial score (nSPS) is 16.9. The van der Waals surface area contributed by atoms with Gasteiger partial charge in [0.25, 0.3) is 0 Å². The average molecular weight is 402 g/mol. The summed E-state index contributed by atoms with van der Waals surface area (Å²) in [6.45, 7) is 0.122. The summed E-state index contributed by atoms with van der Waals surface area (Å²) in [5.41, 5.74) is 6.26. The number of amidine groups is 1. The van der Waals surface area contributed by atoms with Crippen LogP contribution in [0.2, 0.25) is 0 Å². The third-order valence-corrected chi connectivity index (χ3v) is 4.94. The summed E-state index contributed by atoms with van der Waals surface area (Å²) in [6.07, 6.45) is 4.11. The first-order chi connectivity index (χ1) is 14.0. The van der Waals surface area contributed by atoms with Gasteiger partial charge in [0.1, 0.15) is 23.6 Å². The van der Waals surface area contributed by atoms with Gasteiger partial charge in [-0.1, -0.05) is 0 Å². The van der Waals surface area contributed by atoms with Crippen molar-refractivity contribution in [2.45, 2.75) is 32.1 Å². The van der Waals surface area contributed by atoms with Crippen molar-refractivity contribution in [2.75, 3.05) is 6.61 Å². The lowest BCUT2D eigenvalue weighted by atomic mass is 10.1. The van der Waals surface area contributed by atoms with Gasteiger partial charge in [-0.3, -0.25) is 5.41 Å². The molecule has 1 fully saturated rings. The number of imidazole rings is 1. The lowest BCUT2D eigenvalue weighted by molar-refractivity contribution is -0.0295. The Kier molecular flexibility index (Phi) is 5.16. The zero-order valence-electron chi connectivity index (χ0n) is 15.5. The number of aliphatic hydroxyl groups excluding tert-OH is 1. The molecule has 4 N–H and O–H groups in total. The summed E-state index contributed by atoms with van der Waals surface area (Å²) in [7, 11) is 0. The number of aliphatic hydroxyl groups is 1. The van der Waals surface area contributed by atoms with Crippen LogP contribution in [0.4, 0.5) is 8.78 Å². The van der Waals surface area contributed by atoms with Crippen LogP contribution in [0.15, 0.2) is 30.6 Å². The molecule has 0 spiro atoms. The Hall–Kier alpha value is -3.04. The first-order valence-electron chi connectivity index (χ1n) is 9.21. The fraction of sp³-hybridized carbons (Fsp3) is 0.300. The maximum Gasteiger partial charge on any atom is 0.170 e. The quantitative estimate of drug-likeness (QED) is 0.447. The van der Waals surface area contributed by atoms with Crippen LogP contribution in [-0.4, -0.2) is 27.1 Å². The minimum absolute atomic E-state index is 0.0830. The molecular weight excluding hydrogens is 382 g/mol. The van der Waals surface area contributed by atoms with E-state index < -0.39 is 24.1 Å². The van der Waals surface area contributed by atoms with E-state index in [0.29, 0.717) is 17.6 Å². The molecule has 0 aliphatic carbocycles. The van der Waals surface area contributed by atoms with Gasteiger partial charge >= 0.3 is 0 Å². The third-order valence-electron chi connectivity index (χ3n) is 4.94. The maximum absolute atomic E-state index is 15.0. The maximum atomic E-state index is 15.0. The molecule has 152 valence electrons. The molecule has 0 radical (unpaired) electrons. The van der Waals surface area contributed by atoms with Crippen molar-refractivity contribution in [1.82, 2.24) is 9.55 Å². The molecule has 0 saturated carbocycles. The number of nitrogen functional groups attached to an aromatic ring is 1. The molecular formula is C20H20F2N4O3. The Labute approximate surface area is 165 Å². The van der Waals surface area contributed by atoms with Crippen molar-refractivity contribution >= 4 is 16.9 Å². The van der Waals surface area contributed by atoms with Gasteiger partial charge in [0.05, 0.1) is 35.1 Å². The zero-order valence-corrected chi connectivity index (χ0v) is 15.5. The van der Waals surface area contributed by atoms with Crippen molar-refractivity contribution in [3.63, 3.8) is 0 Å². The molecule has 4 rings (SSSR count). The third kappa shape index (κ3) is 3.54. The number of ether oxygens (including phenoxy) is 2. The number of hydrogen-bond acceptors (Lipinski definition) is 5. The largest absolute Gasteiger partial charge is 0.454 e. The fourth-order valence-electron chi connectivity index (χ4n) is 3.50. The van der Waals surface area contributed by atoms with Crippen LogP contribution in [0.25, 0.3) is 11.0 Å². The van der Waals surface area contributed by atoms with Gasteiger partial charge in [0.15, 0.2) is 11.6 Å². The number of halogens is 2. The van der Waals surface area contributed by atoms with Gasteiger partial charge in [-0.05, 0) is 37.5 Å². The van der Waals surface area contributed by atoms with E-state index in [1.165, 1.54) is 18.2 Å². The molecule has 1 aliphatic rings. The second-order valence-electron chi connectivity index (χ2n) is 6.82. The van der Waals surface area contributed by atoms with E-state index >= 15 is 0 Å². The minimum atomic E-state index is -0.701. The second-order valence-corrected chi connectivity index (χ2v) is 6.82. The van der Waals surface area contributed by atoms with E-state index in [-0.39, 0.29) is 28.9 Å². The Morgan fingerprint density at radius 1 is 1.31 bits per heavy atom. The van der Waals surface area contributed by atoms with Gasteiger partial charge in [0.2, 0.25) is 0 Å². The molecule has 9 heteroatoms. The van der Waals surface area contributed by atoms with Crippen LogP contribution in [-0.2, 0) is 11.3 Å². The lowest BCUT2D eigenvalue weighted by Crippen LogP contribution is -2.17. The highest BCUT2D eigenvalue weighted by molar-refractivity contribution is 5.95. The molecule has 0 bridgehead atoms. The molecule has 2 aromatic carbocycles. The summed E-state index contributed by atoms with van der Waals surface area (Å²) in [5, 5.41) is 17.3. The van der Waals surface area contributed by atoms with Crippen LogP contribution in [0.1, 0.15) is 36.6 Å². The van der Waals surface area contributed by atoms with Crippen molar-refractivity contribution < 1.29 is 23.4 Å². The van der Waals surface area contributed by atoms with Crippen molar-refractivity contribution in [2.24, 2.45) is 5.73 Å². The monoisotopic (exact) mass is 402 g/mol. The van der Waals surface area contributed by atoms with Gasteiger partial charge in [-0.25, -0.2) is 13.8 Å². The summed E-state index contributed by atoms with van der Waals surface area (Å²) < 4.78 is 41.8. The van der Waals surface area contributed by atoms with Crippen LogP contribution in [0.3, 0.4) is 0 Å². The molecule has 29 heavy (non-hydrogen) atoms. The standard InChI is InChI=1S/C20H20F2N4O3/c21-14-5-4-11(7-12(14)20(23)24)29-19-13(9-27)18-16(8-15(19)22)26(10-25-18)17-3-1-2-6-28-17/h4-5,7-8,10,17,27H,1-3,6,9H2,(H3,23,24). The Bertz CT molecular complexity index is 1080. The summed E-state index contributed by atoms with van der Waals surface area (Å²) in [4.78, 5) is 4.33. The summed E-state index contributed by atoms with van der Waals surface area (Å²) in [6, 6.07) is 4.86. The number of hydrogen-bond donors (Lipinski definition) is 3. The van der Waals surface area contributed by atoms with E-state index in [1.807, 2.05) is 0 Å². The molecule has 1 aliphatic heterocycles. The highest BCUT2D eigenvalue weighted by Gasteiger charge is 2.23. The van der Waals surface area contributed by atoms with Gasteiger partial charge in [-0.15, -0.1) is 0 Å². The molecule has 1 unspecified atom stereocenters. The number of rotatable bonds is 5. The molecule has 3 aromatic rings. The van der Waals surface area contributed by atoms with Crippen LogP contribution in [0, 0.1) is 17.0 Å². The highest BCUT2D eigenvalue weighted by atomic mass is 19.1. The summed E-state index contributed by atoms with van der Waals surface area (Å²) in [5.74, 6) is -1.99. The highest BCUT2D eigenvalue weighted by Crippen LogP contribution is 2.36. The Morgan fingerprint density at radius 2 is 2.14 bits per heavy atom. The Balaban J connectivity index is 1.76. The molecule has 1 aromatic heterocycles. The smallest absolute Gasteiger partial charge is 0.170 e. The number of nitrogens with zero attached hydrogens (tertiary/aromatic N) is 2. The minimum Gasteiger partial charge on any atom is -0.454 e. The van der Waals surface area contributed by atoms with Gasteiger partial charge in [0, 0.05) is 12.7 Å². The van der Waals surface area contributed by atoms with Crippen molar-refractivity contribution in [1.29, 1.82) is 5.41 Å². The second kappa shape index (κ2) is 7.76. The average Bonchev–Trinajstić information content (AvgIpc) is 3.13. The van der Waals surface area contributed by atoms with Gasteiger partial charge < -0.3 is 24.9 Å². The first-order valence-corrected chi connectivity index (χ1v) is 9.21. The molecule has 0 amide bonds. The van der Waals surface area contributed by atoms with E-state index in [1.54, 1.807) is 10.9 Å². The molecule has 1 saturated heterocycles. The van der Waals surface area contributed by atoms with Gasteiger partial charge in [-0.2, -0.15) is 0 Å². The predicted molar refractivity (Wildman–Crippen MR) is 102 cm³/mol. The fourth-order valence-corrected chi connectivity index (χ4v) is 3.50. The number of benzene rings is 2. The SMILES string of the molecule is N=C(N)c1cc(Oc2c(F)cc3c(ncn3C3CCCCO3)c2CO)ccc1F. The van der Waals surface area contributed by atoms with Crippen molar-refractivity contribution in [3.05, 3.63) is 53.4 Å². The molecule has 1 atom stereocenters. The van der Waals surface area contributed by atoms with E-state index in [0.717, 1.165) is 25.3 Å². The van der Waals surface area contributed by atoms with Crippen LogP contribution in [0.5, 0.6) is 11.5 Å². The number of nitrogens with two attached hydrogens (primary N) is 1. The zero-order chi connectivity index (χ0) is 20.5. The van der Waals surface area contributed by atoms with E-state index in [4.69, 9.17) is 20.6 Å². The number of nitrogens with one attached hydrogen (secondary N) is 1. The van der Waals surface area contributed by atoms with Crippen LogP contribution >= 0.6 is 0 Å². The van der Waals surface area contributed by atoms with Crippen LogP contribution < -0.4 is 10.5 Å². The van der Waals surface area contributed by atoms with E-state index in [9.17, 15) is 13.9 Å². The Morgan fingerprint density at radius 3 is 2.83 bits per heavy atom. The number of aromatic nitrogens is 2. The predicted octanol–water partition coefficient (Wildman–Crippen LogP) is 3.58. The topological polar surface area (TPSA) is 106 Å². The summed E-state index contributed by atoms with van der Waals surface area (Å²) >= 11 is 0. The first kappa shape index (κ1) is 19.3. The van der Waals surface area contributed by atoms with Crippen molar-refractivity contribution in [3.8, 4) is 11.5 Å². The van der Waals surface area contributed by atoms with E-state index in [2.05, 4.69) is 4.98 Å².